The molecule has 0 unspecified atom stereocenters. The van der Waals surface area contributed by atoms with Crippen LogP contribution in [0.1, 0.15) is 17.0 Å². The van der Waals surface area contributed by atoms with Crippen LogP contribution in [0.15, 0.2) is 48.5 Å². The molecule has 0 bridgehead atoms. The third kappa shape index (κ3) is 3.83. The lowest BCUT2D eigenvalue weighted by Gasteiger charge is -2.10. The Balaban J connectivity index is 1.83. The zero-order valence-electron chi connectivity index (χ0n) is 13.5. The number of anilines is 4. The van der Waals surface area contributed by atoms with Gasteiger partial charge in [-0.25, -0.2) is 0 Å². The van der Waals surface area contributed by atoms with Crippen LogP contribution in [0.4, 0.5) is 23.3 Å². The average Bonchev–Trinajstić information content (AvgIpc) is 2.51. The molecule has 3 aromatic rings. The van der Waals surface area contributed by atoms with E-state index >= 15 is 0 Å². The number of hydrogen-bond acceptors (Lipinski definition) is 5. The highest BCUT2D eigenvalue weighted by Crippen LogP contribution is 2.19. The first-order chi connectivity index (χ1) is 11.1. The number of para-hydroxylation sites is 1. The van der Waals surface area contributed by atoms with Gasteiger partial charge in [0, 0.05) is 11.4 Å². The van der Waals surface area contributed by atoms with E-state index in [2.05, 4.69) is 51.6 Å². The van der Waals surface area contributed by atoms with Crippen molar-refractivity contribution in [3.8, 4) is 0 Å². The zero-order chi connectivity index (χ0) is 16.2. The van der Waals surface area contributed by atoms with Crippen LogP contribution in [0.3, 0.4) is 0 Å². The molecular formula is C18H19N5. The Morgan fingerprint density at radius 1 is 0.652 bits per heavy atom. The molecule has 0 spiro atoms. The van der Waals surface area contributed by atoms with Gasteiger partial charge in [-0.3, -0.25) is 0 Å². The van der Waals surface area contributed by atoms with Gasteiger partial charge in [-0.05, 0) is 56.2 Å². The smallest absolute Gasteiger partial charge is 0.232 e. The van der Waals surface area contributed by atoms with Crippen molar-refractivity contribution in [1.29, 1.82) is 0 Å². The molecule has 0 saturated heterocycles. The molecule has 1 aromatic heterocycles. The van der Waals surface area contributed by atoms with Crippen molar-refractivity contribution in [2.24, 2.45) is 0 Å². The van der Waals surface area contributed by atoms with E-state index in [-0.39, 0.29) is 0 Å². The summed E-state index contributed by atoms with van der Waals surface area (Å²) in [5.41, 5.74) is 4.39. The Morgan fingerprint density at radius 2 is 1.30 bits per heavy atom. The van der Waals surface area contributed by atoms with Crippen molar-refractivity contribution in [2.75, 3.05) is 10.6 Å². The molecule has 23 heavy (non-hydrogen) atoms. The predicted octanol–water partition coefficient (Wildman–Crippen LogP) is 4.28. The lowest BCUT2D eigenvalue weighted by atomic mass is 10.1. The molecule has 0 amide bonds. The normalized spacial score (nSPS) is 10.4. The van der Waals surface area contributed by atoms with E-state index in [1.165, 1.54) is 11.1 Å². The summed E-state index contributed by atoms with van der Waals surface area (Å²) in [4.78, 5) is 13.1. The molecule has 1 heterocycles. The van der Waals surface area contributed by atoms with Gasteiger partial charge in [0.1, 0.15) is 5.82 Å². The summed E-state index contributed by atoms with van der Waals surface area (Å²) >= 11 is 0. The van der Waals surface area contributed by atoms with Gasteiger partial charge in [0.2, 0.25) is 11.9 Å². The molecule has 2 aromatic carbocycles. The zero-order valence-corrected chi connectivity index (χ0v) is 13.5. The summed E-state index contributed by atoms with van der Waals surface area (Å²) < 4.78 is 0. The standard InChI is InChI=1S/C18H19N5/c1-12-9-10-16(11-13(12)2)22-18-20-14(3)19-17(23-18)21-15-7-5-4-6-8-15/h4-11H,1-3H3,(H2,19,20,21,22,23). The fourth-order valence-electron chi connectivity index (χ4n) is 2.19. The maximum absolute atomic E-state index is 4.43. The van der Waals surface area contributed by atoms with E-state index in [1.807, 2.05) is 43.3 Å². The highest BCUT2D eigenvalue weighted by Gasteiger charge is 2.05. The summed E-state index contributed by atoms with van der Waals surface area (Å²) in [7, 11) is 0. The highest BCUT2D eigenvalue weighted by molar-refractivity contribution is 5.58. The van der Waals surface area contributed by atoms with Crippen LogP contribution in [0.25, 0.3) is 0 Å². The van der Waals surface area contributed by atoms with Gasteiger partial charge < -0.3 is 10.6 Å². The molecule has 0 aliphatic rings. The quantitative estimate of drug-likeness (QED) is 0.753. The van der Waals surface area contributed by atoms with Gasteiger partial charge in [-0.2, -0.15) is 15.0 Å². The predicted molar refractivity (Wildman–Crippen MR) is 93.5 cm³/mol. The molecule has 0 saturated carbocycles. The minimum absolute atomic E-state index is 0.523. The molecule has 5 nitrogen and oxygen atoms in total. The molecule has 3 rings (SSSR count). The van der Waals surface area contributed by atoms with Crippen molar-refractivity contribution in [1.82, 2.24) is 15.0 Å². The number of benzene rings is 2. The molecule has 116 valence electrons. The minimum Gasteiger partial charge on any atom is -0.324 e. The van der Waals surface area contributed by atoms with Crippen LogP contribution in [0, 0.1) is 20.8 Å². The van der Waals surface area contributed by atoms with E-state index in [0.29, 0.717) is 17.7 Å². The van der Waals surface area contributed by atoms with Crippen molar-refractivity contribution in [3.05, 3.63) is 65.5 Å². The Hall–Kier alpha value is -2.95. The molecular weight excluding hydrogens is 286 g/mol. The van der Waals surface area contributed by atoms with Crippen LogP contribution in [0.2, 0.25) is 0 Å². The van der Waals surface area contributed by atoms with Crippen molar-refractivity contribution in [2.45, 2.75) is 20.8 Å². The number of aromatic nitrogens is 3. The van der Waals surface area contributed by atoms with Crippen LogP contribution >= 0.6 is 0 Å². The van der Waals surface area contributed by atoms with Crippen molar-refractivity contribution in [3.63, 3.8) is 0 Å². The second kappa shape index (κ2) is 6.44. The highest BCUT2D eigenvalue weighted by atomic mass is 15.2. The largest absolute Gasteiger partial charge is 0.324 e. The van der Waals surface area contributed by atoms with Gasteiger partial charge in [-0.15, -0.1) is 0 Å². The average molecular weight is 305 g/mol. The number of rotatable bonds is 4. The molecule has 0 radical (unpaired) electrons. The summed E-state index contributed by atoms with van der Waals surface area (Å²) in [5.74, 6) is 1.71. The minimum atomic E-state index is 0.523. The van der Waals surface area contributed by atoms with Crippen LogP contribution in [0.5, 0.6) is 0 Å². The maximum atomic E-state index is 4.43. The van der Waals surface area contributed by atoms with Crippen molar-refractivity contribution >= 4 is 23.3 Å². The molecule has 0 fully saturated rings. The number of nitrogens with zero attached hydrogens (tertiary/aromatic N) is 3. The summed E-state index contributed by atoms with van der Waals surface area (Å²) in [5, 5.41) is 6.43. The summed E-state index contributed by atoms with van der Waals surface area (Å²) in [6.45, 7) is 6.03. The number of aryl methyl sites for hydroxylation is 3. The second-order valence-electron chi connectivity index (χ2n) is 5.44. The van der Waals surface area contributed by atoms with Crippen molar-refractivity contribution < 1.29 is 0 Å². The fourth-order valence-corrected chi connectivity index (χ4v) is 2.19. The SMILES string of the molecule is Cc1nc(Nc2ccccc2)nc(Nc2ccc(C)c(C)c2)n1. The Kier molecular flexibility index (Phi) is 4.19. The van der Waals surface area contributed by atoms with Gasteiger partial charge in [0.25, 0.3) is 0 Å². The molecule has 0 aliphatic heterocycles. The Labute approximate surface area is 135 Å². The second-order valence-corrected chi connectivity index (χ2v) is 5.44. The molecule has 5 heteroatoms. The van der Waals surface area contributed by atoms with Gasteiger partial charge in [0.15, 0.2) is 0 Å². The third-order valence-electron chi connectivity index (χ3n) is 3.54. The lowest BCUT2D eigenvalue weighted by Crippen LogP contribution is -2.05. The molecule has 2 N–H and O–H groups in total. The topological polar surface area (TPSA) is 62.7 Å². The van der Waals surface area contributed by atoms with Crippen LogP contribution < -0.4 is 10.6 Å². The van der Waals surface area contributed by atoms with Gasteiger partial charge >= 0.3 is 0 Å². The molecule has 0 atom stereocenters. The van der Waals surface area contributed by atoms with Gasteiger partial charge in [0.05, 0.1) is 0 Å². The van der Waals surface area contributed by atoms with E-state index in [0.717, 1.165) is 11.4 Å². The Bertz CT molecular complexity index is 815. The lowest BCUT2D eigenvalue weighted by molar-refractivity contribution is 0.989. The van der Waals surface area contributed by atoms with Gasteiger partial charge in [-0.1, -0.05) is 24.3 Å². The molecule has 0 aliphatic carbocycles. The van der Waals surface area contributed by atoms with E-state index in [1.54, 1.807) is 0 Å². The fraction of sp³-hybridized carbons (Fsp3) is 0.167. The van der Waals surface area contributed by atoms with E-state index in [4.69, 9.17) is 0 Å². The number of hydrogen-bond donors (Lipinski definition) is 2. The van der Waals surface area contributed by atoms with E-state index in [9.17, 15) is 0 Å². The Morgan fingerprint density at radius 3 is 1.96 bits per heavy atom. The summed E-state index contributed by atoms with van der Waals surface area (Å²) in [6.07, 6.45) is 0. The monoisotopic (exact) mass is 305 g/mol. The summed E-state index contributed by atoms with van der Waals surface area (Å²) in [6, 6.07) is 16.0. The van der Waals surface area contributed by atoms with E-state index < -0.39 is 0 Å². The first-order valence-corrected chi connectivity index (χ1v) is 7.49. The number of nitrogens with one attached hydrogen (secondary N) is 2. The maximum Gasteiger partial charge on any atom is 0.232 e. The first kappa shape index (κ1) is 15.0. The third-order valence-corrected chi connectivity index (χ3v) is 3.54. The first-order valence-electron chi connectivity index (χ1n) is 7.49. The van der Waals surface area contributed by atoms with Crippen LogP contribution in [-0.2, 0) is 0 Å². The van der Waals surface area contributed by atoms with Crippen LogP contribution in [-0.4, -0.2) is 15.0 Å².